The van der Waals surface area contributed by atoms with E-state index < -0.39 is 31.1 Å². The Labute approximate surface area is 116 Å². The van der Waals surface area contributed by atoms with Gasteiger partial charge in [0.15, 0.2) is 0 Å². The fourth-order valence-corrected chi connectivity index (χ4v) is 3.18. The predicted molar refractivity (Wildman–Crippen MR) is 69.2 cm³/mol. The van der Waals surface area contributed by atoms with Crippen molar-refractivity contribution in [2.45, 2.75) is 62.8 Å². The van der Waals surface area contributed by atoms with Crippen LogP contribution in [0.1, 0.15) is 52.9 Å². The zero-order valence-corrected chi connectivity index (χ0v) is 13.1. The number of H-pyrrole nitrogens is 1. The normalized spacial score (nSPS) is 14.7. The van der Waals surface area contributed by atoms with Crippen molar-refractivity contribution in [3.8, 4) is 0 Å². The number of halogens is 3. The molecule has 0 saturated heterocycles. The van der Waals surface area contributed by atoms with E-state index in [-0.39, 0.29) is 11.4 Å². The van der Waals surface area contributed by atoms with Crippen LogP contribution in [0.4, 0.5) is 13.2 Å². The molecular formula is C12H19F3N2O2S. The maximum Gasteiger partial charge on any atom is 0.502 e. The van der Waals surface area contributed by atoms with Crippen LogP contribution in [0.15, 0.2) is 4.90 Å². The second-order valence-corrected chi connectivity index (χ2v) is 8.60. The molecule has 0 spiro atoms. The molecule has 1 aromatic rings. The smallest absolute Gasteiger partial charge is 0.280 e. The lowest BCUT2D eigenvalue weighted by Gasteiger charge is -2.22. The van der Waals surface area contributed by atoms with E-state index in [4.69, 9.17) is 0 Å². The summed E-state index contributed by atoms with van der Waals surface area (Å²) in [5.74, 6) is 0. The van der Waals surface area contributed by atoms with Crippen LogP contribution in [0.25, 0.3) is 0 Å². The van der Waals surface area contributed by atoms with Gasteiger partial charge in [-0.3, -0.25) is 5.10 Å². The van der Waals surface area contributed by atoms with Crippen molar-refractivity contribution in [2.75, 3.05) is 0 Å². The number of aromatic amines is 1. The van der Waals surface area contributed by atoms with Gasteiger partial charge in [0.1, 0.15) is 4.90 Å². The van der Waals surface area contributed by atoms with E-state index in [1.807, 2.05) is 0 Å². The number of nitrogens with zero attached hydrogens (tertiary/aromatic N) is 1. The molecule has 0 fully saturated rings. The van der Waals surface area contributed by atoms with Gasteiger partial charge in [0.2, 0.25) is 0 Å². The van der Waals surface area contributed by atoms with Crippen molar-refractivity contribution in [1.82, 2.24) is 10.2 Å². The van der Waals surface area contributed by atoms with Crippen LogP contribution in [0.2, 0.25) is 0 Å². The molecule has 0 aromatic carbocycles. The summed E-state index contributed by atoms with van der Waals surface area (Å²) in [7, 11) is -5.45. The third kappa shape index (κ3) is 2.84. The van der Waals surface area contributed by atoms with Gasteiger partial charge in [-0.2, -0.15) is 18.3 Å². The molecule has 1 aromatic heterocycles. The monoisotopic (exact) mass is 312 g/mol. The van der Waals surface area contributed by atoms with Crippen molar-refractivity contribution in [3.63, 3.8) is 0 Å². The van der Waals surface area contributed by atoms with Crippen LogP contribution in [0.5, 0.6) is 0 Å². The lowest BCUT2D eigenvalue weighted by atomic mass is 9.88. The molecule has 0 unspecified atom stereocenters. The topological polar surface area (TPSA) is 62.8 Å². The first-order valence-corrected chi connectivity index (χ1v) is 7.49. The van der Waals surface area contributed by atoms with E-state index in [1.54, 1.807) is 41.5 Å². The van der Waals surface area contributed by atoms with Crippen molar-refractivity contribution >= 4 is 9.84 Å². The molecular weight excluding hydrogens is 293 g/mol. The highest BCUT2D eigenvalue weighted by Gasteiger charge is 2.52. The summed E-state index contributed by atoms with van der Waals surface area (Å²) in [5.41, 5.74) is -7.10. The molecule has 116 valence electrons. The summed E-state index contributed by atoms with van der Waals surface area (Å²) in [6.45, 7) is 9.73. The quantitative estimate of drug-likeness (QED) is 0.865. The second kappa shape index (κ2) is 4.47. The molecule has 4 nitrogen and oxygen atoms in total. The number of hydrogen-bond acceptors (Lipinski definition) is 3. The van der Waals surface area contributed by atoms with Crippen LogP contribution < -0.4 is 0 Å². The minimum absolute atomic E-state index is 0.0280. The molecule has 0 saturated carbocycles. The maximum atomic E-state index is 12.9. The van der Waals surface area contributed by atoms with Gasteiger partial charge in [0.25, 0.3) is 9.84 Å². The van der Waals surface area contributed by atoms with E-state index in [2.05, 4.69) is 10.2 Å². The SMILES string of the molecule is CC(C)(C)c1n[nH]c(C(C)(C)C)c1S(=O)(=O)C(F)(F)F. The average Bonchev–Trinajstić information content (AvgIpc) is 2.57. The minimum Gasteiger partial charge on any atom is -0.280 e. The minimum atomic E-state index is -5.45. The molecule has 0 amide bonds. The third-order valence-electron chi connectivity index (χ3n) is 2.76. The summed E-state index contributed by atoms with van der Waals surface area (Å²) < 4.78 is 62.4. The van der Waals surface area contributed by atoms with Gasteiger partial charge in [0, 0.05) is 10.8 Å². The molecule has 0 radical (unpaired) electrons. The zero-order chi connectivity index (χ0) is 16.1. The Kier molecular flexibility index (Phi) is 3.80. The van der Waals surface area contributed by atoms with E-state index >= 15 is 0 Å². The first-order valence-electron chi connectivity index (χ1n) is 6.01. The fourth-order valence-electron chi connectivity index (χ4n) is 1.73. The highest BCUT2D eigenvalue weighted by Crippen LogP contribution is 2.40. The van der Waals surface area contributed by atoms with Gasteiger partial charge in [-0.05, 0) is 0 Å². The van der Waals surface area contributed by atoms with Gasteiger partial charge < -0.3 is 0 Å². The number of nitrogens with one attached hydrogen (secondary N) is 1. The highest BCUT2D eigenvalue weighted by atomic mass is 32.2. The highest BCUT2D eigenvalue weighted by molar-refractivity contribution is 7.92. The van der Waals surface area contributed by atoms with E-state index in [0.29, 0.717) is 0 Å². The molecule has 0 aliphatic heterocycles. The van der Waals surface area contributed by atoms with Gasteiger partial charge >= 0.3 is 5.51 Å². The molecule has 0 aliphatic carbocycles. The predicted octanol–water partition coefficient (Wildman–Crippen LogP) is 3.30. The molecule has 1 N–H and O–H groups in total. The molecule has 0 aliphatic rings. The number of hydrogen-bond donors (Lipinski definition) is 1. The van der Waals surface area contributed by atoms with Gasteiger partial charge in [-0.25, -0.2) is 8.42 Å². The second-order valence-electron chi connectivity index (χ2n) is 6.73. The van der Waals surface area contributed by atoms with E-state index in [9.17, 15) is 21.6 Å². The summed E-state index contributed by atoms with van der Waals surface area (Å²) in [6, 6.07) is 0. The summed E-state index contributed by atoms with van der Waals surface area (Å²) in [5, 5.41) is 6.30. The van der Waals surface area contributed by atoms with Crippen molar-refractivity contribution in [1.29, 1.82) is 0 Å². The van der Waals surface area contributed by atoms with Crippen LogP contribution >= 0.6 is 0 Å². The fraction of sp³-hybridized carbons (Fsp3) is 0.750. The zero-order valence-electron chi connectivity index (χ0n) is 12.3. The molecule has 1 heterocycles. The Morgan fingerprint density at radius 1 is 0.950 bits per heavy atom. The first-order chi connectivity index (χ1) is 8.60. The summed E-state index contributed by atoms with van der Waals surface area (Å²) in [6.07, 6.45) is 0. The number of rotatable bonds is 1. The Bertz CT molecular complexity index is 571. The molecule has 1 rings (SSSR count). The molecule has 0 bridgehead atoms. The lowest BCUT2D eigenvalue weighted by molar-refractivity contribution is -0.0437. The van der Waals surface area contributed by atoms with Crippen LogP contribution in [-0.2, 0) is 20.7 Å². The number of alkyl halides is 3. The molecule has 8 heteroatoms. The Morgan fingerprint density at radius 2 is 1.40 bits per heavy atom. The van der Waals surface area contributed by atoms with Crippen LogP contribution in [0.3, 0.4) is 0 Å². The van der Waals surface area contributed by atoms with Crippen molar-refractivity contribution < 1.29 is 21.6 Å². The van der Waals surface area contributed by atoms with Crippen molar-refractivity contribution in [2.24, 2.45) is 0 Å². The Balaban J connectivity index is 3.80. The third-order valence-corrected chi connectivity index (χ3v) is 4.30. The van der Waals surface area contributed by atoms with Crippen molar-refractivity contribution in [3.05, 3.63) is 11.4 Å². The Hall–Kier alpha value is -1.05. The standard InChI is InChI=1S/C12H19F3N2O2S/c1-10(2,3)8-7(20(18,19)12(13,14)15)9(17-16-8)11(4,5)6/h1-6H3,(H,16,17). The van der Waals surface area contributed by atoms with E-state index in [1.165, 1.54) is 0 Å². The van der Waals surface area contributed by atoms with Crippen LogP contribution in [0, 0.1) is 0 Å². The molecule has 20 heavy (non-hydrogen) atoms. The van der Waals surface area contributed by atoms with Gasteiger partial charge in [0.05, 0.1) is 11.4 Å². The summed E-state index contributed by atoms with van der Waals surface area (Å²) in [4.78, 5) is -0.745. The van der Waals surface area contributed by atoms with Gasteiger partial charge in [-0.1, -0.05) is 41.5 Å². The van der Waals surface area contributed by atoms with Gasteiger partial charge in [-0.15, -0.1) is 0 Å². The Morgan fingerprint density at radius 3 is 1.70 bits per heavy atom. The first kappa shape index (κ1) is 17.0. The number of aromatic nitrogens is 2. The largest absolute Gasteiger partial charge is 0.502 e. The van der Waals surface area contributed by atoms with E-state index in [0.717, 1.165) is 0 Å². The average molecular weight is 312 g/mol. The summed E-state index contributed by atoms with van der Waals surface area (Å²) >= 11 is 0. The van der Waals surface area contributed by atoms with Crippen LogP contribution in [-0.4, -0.2) is 24.1 Å². The maximum absolute atomic E-state index is 12.9. The number of sulfone groups is 1. The lowest BCUT2D eigenvalue weighted by Crippen LogP contribution is -2.29. The molecule has 0 atom stereocenters.